The lowest BCUT2D eigenvalue weighted by atomic mass is 10.0. The summed E-state index contributed by atoms with van der Waals surface area (Å²) in [6, 6.07) is 22.0. The first kappa shape index (κ1) is 24.5. The molecule has 1 saturated heterocycles. The molecule has 0 unspecified atom stereocenters. The number of benzene rings is 2. The number of anilines is 1. The van der Waals surface area contributed by atoms with E-state index in [9.17, 15) is 9.90 Å². The Morgan fingerprint density at radius 2 is 1.89 bits per heavy atom. The summed E-state index contributed by atoms with van der Waals surface area (Å²) in [6.07, 6.45) is 1.84. The number of aryl methyl sites for hydroxylation is 1. The SMILES string of the molecule is Cc1cc(C(=O)O)ccc1-c1ccc([C@H]2[C@H](c3ccccn3)NC(=S)N2c2ccc(OC(C)C)cc2)o1. The molecule has 0 saturated carbocycles. The van der Waals surface area contributed by atoms with Crippen LogP contribution >= 0.6 is 12.2 Å². The van der Waals surface area contributed by atoms with Crippen molar-refractivity contribution in [2.45, 2.75) is 39.0 Å². The highest BCUT2D eigenvalue weighted by molar-refractivity contribution is 7.80. The van der Waals surface area contributed by atoms with Gasteiger partial charge in [-0.3, -0.25) is 4.98 Å². The molecule has 1 aliphatic heterocycles. The molecule has 1 fully saturated rings. The number of ether oxygens (including phenoxy) is 1. The third-order valence-electron chi connectivity index (χ3n) is 6.24. The van der Waals surface area contributed by atoms with Crippen LogP contribution in [0.25, 0.3) is 11.3 Å². The van der Waals surface area contributed by atoms with Gasteiger partial charge in [0.05, 0.1) is 23.4 Å². The van der Waals surface area contributed by atoms with Gasteiger partial charge in [0, 0.05) is 17.4 Å². The molecule has 4 aromatic rings. The Morgan fingerprint density at radius 1 is 1.11 bits per heavy atom. The zero-order valence-corrected chi connectivity index (χ0v) is 21.5. The largest absolute Gasteiger partial charge is 0.491 e. The molecular formula is C29H27N3O4S. The quantitative estimate of drug-likeness (QED) is 0.278. The molecule has 0 amide bonds. The topological polar surface area (TPSA) is 87.8 Å². The van der Waals surface area contributed by atoms with E-state index in [0.717, 1.165) is 28.3 Å². The molecule has 188 valence electrons. The zero-order chi connectivity index (χ0) is 26.1. The van der Waals surface area contributed by atoms with Crippen molar-refractivity contribution < 1.29 is 19.1 Å². The first-order valence-corrected chi connectivity index (χ1v) is 12.4. The number of carboxylic acid groups (broad SMARTS) is 1. The number of nitrogens with one attached hydrogen (secondary N) is 1. The number of pyridine rings is 1. The maximum absolute atomic E-state index is 11.4. The van der Waals surface area contributed by atoms with Crippen molar-refractivity contribution in [2.75, 3.05) is 4.90 Å². The number of aromatic nitrogens is 1. The van der Waals surface area contributed by atoms with Crippen LogP contribution in [0.5, 0.6) is 5.75 Å². The highest BCUT2D eigenvalue weighted by atomic mass is 32.1. The zero-order valence-electron chi connectivity index (χ0n) is 20.7. The second-order valence-electron chi connectivity index (χ2n) is 9.19. The van der Waals surface area contributed by atoms with Crippen LogP contribution in [0.4, 0.5) is 5.69 Å². The second kappa shape index (κ2) is 10.1. The summed E-state index contributed by atoms with van der Waals surface area (Å²) >= 11 is 5.80. The van der Waals surface area contributed by atoms with E-state index in [-0.39, 0.29) is 23.8 Å². The summed E-state index contributed by atoms with van der Waals surface area (Å²) in [7, 11) is 0. The minimum atomic E-state index is -0.959. The van der Waals surface area contributed by atoms with Crippen LogP contribution in [0.1, 0.15) is 53.3 Å². The normalized spacial score (nSPS) is 17.2. The Kier molecular flexibility index (Phi) is 6.67. The molecule has 2 atom stereocenters. The third-order valence-corrected chi connectivity index (χ3v) is 6.56. The summed E-state index contributed by atoms with van der Waals surface area (Å²) in [6.45, 7) is 5.86. The summed E-state index contributed by atoms with van der Waals surface area (Å²) in [5, 5.41) is 13.3. The van der Waals surface area contributed by atoms with E-state index in [4.69, 9.17) is 21.4 Å². The lowest BCUT2D eigenvalue weighted by Crippen LogP contribution is -2.29. The van der Waals surface area contributed by atoms with Crippen molar-refractivity contribution >= 4 is 29.0 Å². The van der Waals surface area contributed by atoms with E-state index < -0.39 is 5.97 Å². The molecule has 0 radical (unpaired) electrons. The number of thiocarbonyl (C=S) groups is 1. The van der Waals surface area contributed by atoms with E-state index in [1.807, 2.05) is 80.3 Å². The molecule has 2 aromatic heterocycles. The number of carbonyl (C=O) groups is 1. The molecule has 3 heterocycles. The Bertz CT molecular complexity index is 1430. The fourth-order valence-electron chi connectivity index (χ4n) is 4.61. The molecule has 2 N–H and O–H groups in total. The predicted octanol–water partition coefficient (Wildman–Crippen LogP) is 6.31. The number of aromatic carboxylic acids is 1. The molecule has 0 bridgehead atoms. The highest BCUT2D eigenvalue weighted by Gasteiger charge is 2.42. The summed E-state index contributed by atoms with van der Waals surface area (Å²) in [5.41, 5.74) is 3.64. The molecule has 37 heavy (non-hydrogen) atoms. The molecule has 7 nitrogen and oxygen atoms in total. The van der Waals surface area contributed by atoms with Crippen molar-refractivity contribution in [1.29, 1.82) is 0 Å². The number of rotatable bonds is 7. The van der Waals surface area contributed by atoms with Gasteiger partial charge in [-0.2, -0.15) is 0 Å². The molecule has 0 spiro atoms. The standard InChI is InChI=1S/C29H27N3O4S/c1-17(2)35-21-10-8-20(9-11-21)32-27(26(31-29(32)37)23-6-4-5-15-30-23)25-14-13-24(36-25)22-12-7-19(28(33)34)16-18(22)3/h4-17,26-27H,1-3H3,(H,31,37)(H,33,34)/t26-,27-/m0/s1. The van der Waals surface area contributed by atoms with Crippen molar-refractivity contribution in [1.82, 2.24) is 10.3 Å². The Hall–Kier alpha value is -4.17. The highest BCUT2D eigenvalue weighted by Crippen LogP contribution is 2.43. The fourth-order valence-corrected chi connectivity index (χ4v) is 4.96. The van der Waals surface area contributed by atoms with Gasteiger partial charge in [-0.25, -0.2) is 4.79 Å². The van der Waals surface area contributed by atoms with E-state index in [1.165, 1.54) is 0 Å². The van der Waals surface area contributed by atoms with Crippen molar-refractivity contribution in [3.05, 3.63) is 102 Å². The Balaban J connectivity index is 1.55. The van der Waals surface area contributed by atoms with E-state index in [1.54, 1.807) is 24.4 Å². The van der Waals surface area contributed by atoms with Gasteiger partial charge in [-0.05, 0) is 99.2 Å². The van der Waals surface area contributed by atoms with Crippen LogP contribution in [-0.4, -0.2) is 27.3 Å². The van der Waals surface area contributed by atoms with Gasteiger partial charge < -0.3 is 24.5 Å². The number of nitrogens with zero attached hydrogens (tertiary/aromatic N) is 2. The van der Waals surface area contributed by atoms with E-state index in [0.29, 0.717) is 16.6 Å². The first-order valence-electron chi connectivity index (χ1n) is 12.0. The van der Waals surface area contributed by atoms with Crippen molar-refractivity contribution in [3.8, 4) is 17.1 Å². The van der Waals surface area contributed by atoms with Gasteiger partial charge >= 0.3 is 5.97 Å². The van der Waals surface area contributed by atoms with Crippen molar-refractivity contribution in [2.24, 2.45) is 0 Å². The number of carboxylic acids is 1. The van der Waals surface area contributed by atoms with E-state index in [2.05, 4.69) is 10.3 Å². The molecule has 8 heteroatoms. The molecule has 1 aliphatic rings. The smallest absolute Gasteiger partial charge is 0.335 e. The van der Waals surface area contributed by atoms with Gasteiger partial charge in [0.15, 0.2) is 5.11 Å². The average molecular weight is 514 g/mol. The van der Waals surface area contributed by atoms with Crippen LogP contribution in [0.3, 0.4) is 0 Å². The molecule has 2 aromatic carbocycles. The second-order valence-corrected chi connectivity index (χ2v) is 9.58. The molecular weight excluding hydrogens is 486 g/mol. The van der Waals surface area contributed by atoms with Gasteiger partial charge in [-0.15, -0.1) is 0 Å². The van der Waals surface area contributed by atoms with Crippen LogP contribution in [0, 0.1) is 6.92 Å². The summed E-state index contributed by atoms with van der Waals surface area (Å²) in [4.78, 5) is 18.0. The van der Waals surface area contributed by atoms with Gasteiger partial charge in [-0.1, -0.05) is 12.1 Å². The Morgan fingerprint density at radius 3 is 2.54 bits per heavy atom. The van der Waals surface area contributed by atoms with Crippen LogP contribution in [-0.2, 0) is 0 Å². The molecule has 0 aliphatic carbocycles. The van der Waals surface area contributed by atoms with Crippen LogP contribution in [0.2, 0.25) is 0 Å². The van der Waals surface area contributed by atoms with Gasteiger partial charge in [0.2, 0.25) is 0 Å². The minimum Gasteiger partial charge on any atom is -0.491 e. The third kappa shape index (κ3) is 4.93. The van der Waals surface area contributed by atoms with Gasteiger partial charge in [0.1, 0.15) is 23.3 Å². The van der Waals surface area contributed by atoms with Crippen molar-refractivity contribution in [3.63, 3.8) is 0 Å². The minimum absolute atomic E-state index is 0.0798. The predicted molar refractivity (Wildman–Crippen MR) is 146 cm³/mol. The van der Waals surface area contributed by atoms with Gasteiger partial charge in [0.25, 0.3) is 0 Å². The number of hydrogen-bond acceptors (Lipinski definition) is 5. The fraction of sp³-hybridized carbons (Fsp3) is 0.207. The number of furan rings is 1. The lowest BCUT2D eigenvalue weighted by molar-refractivity contribution is 0.0696. The van der Waals surface area contributed by atoms with Crippen LogP contribution in [0.15, 0.2) is 83.4 Å². The molecule has 5 rings (SSSR count). The first-order chi connectivity index (χ1) is 17.8. The Labute approximate surface area is 220 Å². The van der Waals surface area contributed by atoms with E-state index >= 15 is 0 Å². The monoisotopic (exact) mass is 513 g/mol. The number of hydrogen-bond donors (Lipinski definition) is 2. The van der Waals surface area contributed by atoms with Crippen LogP contribution < -0.4 is 15.0 Å². The summed E-state index contributed by atoms with van der Waals surface area (Å²) in [5.74, 6) is 1.19. The maximum Gasteiger partial charge on any atom is 0.335 e. The maximum atomic E-state index is 11.4. The summed E-state index contributed by atoms with van der Waals surface area (Å²) < 4.78 is 12.2. The average Bonchev–Trinajstić information content (AvgIpc) is 3.49. The lowest BCUT2D eigenvalue weighted by Gasteiger charge is -2.26.